The summed E-state index contributed by atoms with van der Waals surface area (Å²) in [6.45, 7) is 0. The predicted molar refractivity (Wildman–Crippen MR) is 38.8 cm³/mol. The molecule has 10 heavy (non-hydrogen) atoms. The van der Waals surface area contributed by atoms with Crippen LogP contribution in [0.5, 0.6) is 0 Å². The highest BCUT2D eigenvalue weighted by Crippen LogP contribution is 2.08. The van der Waals surface area contributed by atoms with Crippen LogP contribution in [0.3, 0.4) is 0 Å². The number of rotatable bonds is 1. The molecule has 2 nitrogen and oxygen atoms in total. The van der Waals surface area contributed by atoms with E-state index in [0.717, 1.165) is 0 Å². The molecule has 0 aliphatic heterocycles. The molecule has 2 N–H and O–H groups in total. The van der Waals surface area contributed by atoms with Crippen molar-refractivity contribution in [3.05, 3.63) is 34.9 Å². The van der Waals surface area contributed by atoms with E-state index in [0.29, 0.717) is 10.6 Å². The predicted octanol–water partition coefficient (Wildman–Crippen LogP) is 1.24. The van der Waals surface area contributed by atoms with Crippen LogP contribution in [0.1, 0.15) is 10.4 Å². The van der Waals surface area contributed by atoms with Crippen LogP contribution in [0.4, 0.5) is 0 Å². The van der Waals surface area contributed by atoms with Gasteiger partial charge in [-0.1, -0.05) is 17.7 Å². The number of carbonyl (C=O) groups is 1. The zero-order valence-corrected chi connectivity index (χ0v) is 5.85. The van der Waals surface area contributed by atoms with Crippen molar-refractivity contribution in [2.75, 3.05) is 0 Å². The number of benzene rings is 1. The Morgan fingerprint density at radius 1 is 1.60 bits per heavy atom. The van der Waals surface area contributed by atoms with Crippen molar-refractivity contribution in [3.63, 3.8) is 0 Å². The van der Waals surface area contributed by atoms with Crippen molar-refractivity contribution in [2.24, 2.45) is 5.73 Å². The van der Waals surface area contributed by atoms with Gasteiger partial charge in [-0.25, -0.2) is 0 Å². The highest BCUT2D eigenvalue weighted by molar-refractivity contribution is 6.30. The Morgan fingerprint density at radius 3 is 2.70 bits per heavy atom. The number of hydrogen-bond donors (Lipinski definition) is 1. The molecule has 0 fully saturated rings. The van der Waals surface area contributed by atoms with Crippen LogP contribution >= 0.6 is 11.6 Å². The van der Waals surface area contributed by atoms with Crippen molar-refractivity contribution < 1.29 is 4.79 Å². The number of nitrogens with two attached hydrogens (primary N) is 1. The van der Waals surface area contributed by atoms with Gasteiger partial charge in [0.25, 0.3) is 0 Å². The average Bonchev–Trinajstić information content (AvgIpc) is 1.88. The quantitative estimate of drug-likeness (QED) is 0.650. The molecule has 1 rings (SSSR count). The molecule has 51 valence electrons. The maximum Gasteiger partial charge on any atom is 0.249 e. The van der Waals surface area contributed by atoms with Crippen molar-refractivity contribution >= 4 is 17.5 Å². The van der Waals surface area contributed by atoms with Gasteiger partial charge in [0.05, 0.1) is 0 Å². The fraction of sp³-hybridized carbons (Fsp3) is 0. The van der Waals surface area contributed by atoms with E-state index in [1.165, 1.54) is 0 Å². The summed E-state index contributed by atoms with van der Waals surface area (Å²) in [5.74, 6) is -0.512. The van der Waals surface area contributed by atoms with Crippen LogP contribution < -0.4 is 5.73 Å². The molecule has 0 unspecified atom stereocenters. The molecular formula is C7H5ClNO. The summed E-state index contributed by atoms with van der Waals surface area (Å²) in [7, 11) is 0. The number of primary amides is 1. The van der Waals surface area contributed by atoms with Crippen LogP contribution in [-0.2, 0) is 0 Å². The molecule has 0 aromatic heterocycles. The Kier molecular flexibility index (Phi) is 1.92. The SMILES string of the molecule is NC(=O)c1[c]c(Cl)ccc1. The Bertz CT molecular complexity index is 260. The van der Waals surface area contributed by atoms with E-state index in [1.54, 1.807) is 18.2 Å². The van der Waals surface area contributed by atoms with Gasteiger partial charge in [0, 0.05) is 16.7 Å². The lowest BCUT2D eigenvalue weighted by Crippen LogP contribution is -2.10. The monoisotopic (exact) mass is 154 g/mol. The molecule has 0 heterocycles. The fourth-order valence-corrected chi connectivity index (χ4v) is 0.759. The van der Waals surface area contributed by atoms with Gasteiger partial charge >= 0.3 is 0 Å². The third kappa shape index (κ3) is 1.48. The lowest BCUT2D eigenvalue weighted by molar-refractivity contribution is 0.1000. The Morgan fingerprint density at radius 2 is 2.30 bits per heavy atom. The van der Waals surface area contributed by atoms with Gasteiger partial charge in [-0.15, -0.1) is 0 Å². The minimum atomic E-state index is -0.512. The van der Waals surface area contributed by atoms with E-state index < -0.39 is 5.91 Å². The van der Waals surface area contributed by atoms with Crippen molar-refractivity contribution in [1.82, 2.24) is 0 Å². The largest absolute Gasteiger partial charge is 0.366 e. The first kappa shape index (κ1) is 7.09. The second-order valence-corrected chi connectivity index (χ2v) is 2.18. The van der Waals surface area contributed by atoms with E-state index in [1.807, 2.05) is 0 Å². The molecule has 1 aromatic rings. The lowest BCUT2D eigenvalue weighted by atomic mass is 10.2. The first-order valence-electron chi connectivity index (χ1n) is 2.68. The highest BCUT2D eigenvalue weighted by atomic mass is 35.5. The number of halogens is 1. The lowest BCUT2D eigenvalue weighted by Gasteiger charge is -1.92. The summed E-state index contributed by atoms with van der Waals surface area (Å²) in [5, 5.41) is 0.399. The maximum absolute atomic E-state index is 10.5. The summed E-state index contributed by atoms with van der Waals surface area (Å²) in [4.78, 5) is 10.5. The third-order valence-corrected chi connectivity index (χ3v) is 1.25. The van der Waals surface area contributed by atoms with Crippen molar-refractivity contribution in [3.8, 4) is 0 Å². The minimum Gasteiger partial charge on any atom is -0.366 e. The van der Waals surface area contributed by atoms with E-state index in [2.05, 4.69) is 6.07 Å². The fourth-order valence-electron chi connectivity index (χ4n) is 0.585. The van der Waals surface area contributed by atoms with Crippen LogP contribution in [0, 0.1) is 6.07 Å². The first-order valence-corrected chi connectivity index (χ1v) is 3.05. The zero-order valence-electron chi connectivity index (χ0n) is 5.10. The first-order chi connectivity index (χ1) is 4.70. The van der Waals surface area contributed by atoms with Gasteiger partial charge in [-0.05, 0) is 12.1 Å². The molecule has 0 spiro atoms. The van der Waals surface area contributed by atoms with Gasteiger partial charge in [0.1, 0.15) is 0 Å². The molecule has 3 heteroatoms. The average molecular weight is 155 g/mol. The second-order valence-electron chi connectivity index (χ2n) is 1.78. The second kappa shape index (κ2) is 2.71. The van der Waals surface area contributed by atoms with Gasteiger partial charge in [0.2, 0.25) is 5.91 Å². The Hall–Kier alpha value is -1.02. The smallest absolute Gasteiger partial charge is 0.249 e. The zero-order chi connectivity index (χ0) is 7.56. The maximum atomic E-state index is 10.5. The van der Waals surface area contributed by atoms with Gasteiger partial charge in [-0.3, -0.25) is 4.79 Å². The Labute approximate surface area is 63.6 Å². The Balaban J connectivity index is 3.07. The molecule has 0 atom stereocenters. The van der Waals surface area contributed by atoms with Crippen molar-refractivity contribution in [2.45, 2.75) is 0 Å². The van der Waals surface area contributed by atoms with Gasteiger partial charge in [-0.2, -0.15) is 0 Å². The number of hydrogen-bond acceptors (Lipinski definition) is 1. The molecule has 0 aliphatic carbocycles. The van der Waals surface area contributed by atoms with E-state index in [9.17, 15) is 4.79 Å². The van der Waals surface area contributed by atoms with Crippen molar-refractivity contribution in [1.29, 1.82) is 0 Å². The standard InChI is InChI=1S/C7H5ClNO/c8-6-3-1-2-5(4-6)7(9)10/h1-3H,(H2,9,10). The molecule has 1 radical (unpaired) electrons. The molecule has 1 amide bonds. The normalized spacial score (nSPS) is 9.30. The highest BCUT2D eigenvalue weighted by Gasteiger charge is 1.98. The summed E-state index contributed by atoms with van der Waals surface area (Å²) < 4.78 is 0. The molecule has 0 saturated heterocycles. The van der Waals surface area contributed by atoms with Crippen LogP contribution in [0.15, 0.2) is 18.2 Å². The van der Waals surface area contributed by atoms with Crippen LogP contribution in [0.25, 0.3) is 0 Å². The van der Waals surface area contributed by atoms with Gasteiger partial charge < -0.3 is 5.73 Å². The third-order valence-electron chi connectivity index (χ3n) is 1.02. The molecule has 0 saturated carbocycles. The summed E-state index contributed by atoms with van der Waals surface area (Å²) in [6, 6.07) is 7.45. The number of amides is 1. The topological polar surface area (TPSA) is 43.1 Å². The molecular weight excluding hydrogens is 150 g/mol. The van der Waals surface area contributed by atoms with Gasteiger partial charge in [0.15, 0.2) is 0 Å². The molecule has 0 bridgehead atoms. The summed E-state index contributed by atoms with van der Waals surface area (Å²) >= 11 is 5.53. The summed E-state index contributed by atoms with van der Waals surface area (Å²) in [5.41, 5.74) is 5.27. The van der Waals surface area contributed by atoms with E-state index in [4.69, 9.17) is 17.3 Å². The van der Waals surface area contributed by atoms with Crippen LogP contribution in [0.2, 0.25) is 5.02 Å². The molecule has 1 aromatic carbocycles. The van der Waals surface area contributed by atoms with E-state index >= 15 is 0 Å². The van der Waals surface area contributed by atoms with Crippen LogP contribution in [-0.4, -0.2) is 5.91 Å². The number of carbonyl (C=O) groups excluding carboxylic acids is 1. The summed E-state index contributed by atoms with van der Waals surface area (Å²) in [6.07, 6.45) is 0. The van der Waals surface area contributed by atoms with E-state index in [-0.39, 0.29) is 0 Å². The molecule has 0 aliphatic rings. The minimum absolute atomic E-state index is 0.313.